The number of nitrogens with one attached hydrogen (secondary N) is 2. The predicted molar refractivity (Wildman–Crippen MR) is 111 cm³/mol. The summed E-state index contributed by atoms with van der Waals surface area (Å²) in [5, 5.41) is 14.0. The van der Waals surface area contributed by atoms with Gasteiger partial charge in [0.1, 0.15) is 0 Å². The number of aryl methyl sites for hydroxylation is 1. The van der Waals surface area contributed by atoms with Gasteiger partial charge in [0.25, 0.3) is 5.91 Å². The molecule has 0 aliphatic rings. The van der Waals surface area contributed by atoms with E-state index in [1.54, 1.807) is 43.3 Å². The highest BCUT2D eigenvalue weighted by molar-refractivity contribution is 6.03. The maximum Gasteiger partial charge on any atom is 0.338 e. The molecule has 0 fully saturated rings. The lowest BCUT2D eigenvalue weighted by Crippen LogP contribution is -2.15. The minimum Gasteiger partial charge on any atom is -0.462 e. The number of ether oxygens (including phenoxy) is 1. The Morgan fingerprint density at radius 3 is 2.34 bits per heavy atom. The summed E-state index contributed by atoms with van der Waals surface area (Å²) in [6.07, 6.45) is 0.819. The van der Waals surface area contributed by atoms with Gasteiger partial charge in [0.15, 0.2) is 11.5 Å². The predicted octanol–water partition coefficient (Wildman–Crippen LogP) is 4.21. The van der Waals surface area contributed by atoms with Gasteiger partial charge in [0.05, 0.1) is 12.2 Å². The first-order chi connectivity index (χ1) is 14.1. The summed E-state index contributed by atoms with van der Waals surface area (Å²) in [6.45, 7) is 4.13. The normalized spacial score (nSPS) is 10.3. The summed E-state index contributed by atoms with van der Waals surface area (Å²) in [6, 6.07) is 17.8. The molecule has 0 aliphatic carbocycles. The van der Waals surface area contributed by atoms with Crippen LogP contribution in [0.4, 0.5) is 17.2 Å². The number of aromatic nitrogens is 2. The summed E-state index contributed by atoms with van der Waals surface area (Å²) in [4.78, 5) is 24.1. The molecule has 7 nitrogen and oxygen atoms in total. The number of carbonyl (C=O) groups is 2. The van der Waals surface area contributed by atoms with E-state index in [0.717, 1.165) is 23.4 Å². The summed E-state index contributed by atoms with van der Waals surface area (Å²) in [7, 11) is 0. The first-order valence-corrected chi connectivity index (χ1v) is 9.38. The molecule has 3 rings (SSSR count). The van der Waals surface area contributed by atoms with Crippen molar-refractivity contribution in [3.05, 3.63) is 77.5 Å². The van der Waals surface area contributed by atoms with Crippen LogP contribution < -0.4 is 10.6 Å². The van der Waals surface area contributed by atoms with Gasteiger partial charge in [0, 0.05) is 11.4 Å². The van der Waals surface area contributed by atoms with Crippen molar-refractivity contribution in [2.24, 2.45) is 0 Å². The number of amides is 1. The molecule has 3 aromatic rings. The molecule has 1 heterocycles. The zero-order valence-electron chi connectivity index (χ0n) is 16.3. The molecule has 29 heavy (non-hydrogen) atoms. The fraction of sp³-hybridized carbons (Fsp3) is 0.182. The van der Waals surface area contributed by atoms with Crippen molar-refractivity contribution >= 4 is 29.1 Å². The van der Waals surface area contributed by atoms with Gasteiger partial charge in [0.2, 0.25) is 0 Å². The van der Waals surface area contributed by atoms with Gasteiger partial charge >= 0.3 is 5.97 Å². The SMILES string of the molecule is CCOC(=O)c1ccc(Nc2ccc(C(=O)Nc3ccccc3CC)nn2)cc1. The number of esters is 1. The van der Waals surface area contributed by atoms with Gasteiger partial charge < -0.3 is 15.4 Å². The highest BCUT2D eigenvalue weighted by Gasteiger charge is 2.11. The molecule has 0 radical (unpaired) electrons. The molecule has 0 aliphatic heterocycles. The van der Waals surface area contributed by atoms with Crippen molar-refractivity contribution in [1.29, 1.82) is 0 Å². The molecule has 148 valence electrons. The fourth-order valence-electron chi connectivity index (χ4n) is 2.71. The summed E-state index contributed by atoms with van der Waals surface area (Å²) in [5.41, 5.74) is 3.26. The topological polar surface area (TPSA) is 93.2 Å². The van der Waals surface area contributed by atoms with Gasteiger partial charge in [-0.2, -0.15) is 0 Å². The lowest BCUT2D eigenvalue weighted by molar-refractivity contribution is 0.0526. The Morgan fingerprint density at radius 2 is 1.69 bits per heavy atom. The molecule has 0 bridgehead atoms. The van der Waals surface area contributed by atoms with Crippen molar-refractivity contribution in [2.45, 2.75) is 20.3 Å². The van der Waals surface area contributed by atoms with Crippen molar-refractivity contribution in [1.82, 2.24) is 10.2 Å². The quantitative estimate of drug-likeness (QED) is 0.587. The summed E-state index contributed by atoms with van der Waals surface area (Å²) < 4.78 is 4.96. The smallest absolute Gasteiger partial charge is 0.338 e. The first kappa shape index (κ1) is 20.0. The Hall–Kier alpha value is -3.74. The van der Waals surface area contributed by atoms with Gasteiger partial charge in [-0.1, -0.05) is 25.1 Å². The zero-order chi connectivity index (χ0) is 20.6. The minimum atomic E-state index is -0.362. The molecule has 1 aromatic heterocycles. The third-order valence-electron chi connectivity index (χ3n) is 4.21. The second kappa shape index (κ2) is 9.45. The molecule has 0 saturated carbocycles. The molecule has 0 spiro atoms. The highest BCUT2D eigenvalue weighted by atomic mass is 16.5. The third kappa shape index (κ3) is 5.16. The molecule has 0 unspecified atom stereocenters. The standard InChI is InChI=1S/C22H22N4O3/c1-3-15-7-5-6-8-18(15)24-21(27)19-13-14-20(26-25-19)23-17-11-9-16(10-12-17)22(28)29-4-2/h5-14H,3-4H2,1-2H3,(H,23,26)(H,24,27). The molecule has 1 amide bonds. The largest absolute Gasteiger partial charge is 0.462 e. The number of para-hydroxylation sites is 1. The van der Waals surface area contributed by atoms with E-state index >= 15 is 0 Å². The maximum absolute atomic E-state index is 12.4. The van der Waals surface area contributed by atoms with Crippen LogP contribution in [-0.2, 0) is 11.2 Å². The monoisotopic (exact) mass is 390 g/mol. The highest BCUT2D eigenvalue weighted by Crippen LogP contribution is 2.18. The van der Waals surface area contributed by atoms with E-state index in [2.05, 4.69) is 20.8 Å². The van der Waals surface area contributed by atoms with Crippen LogP contribution in [0, 0.1) is 0 Å². The van der Waals surface area contributed by atoms with Crippen molar-refractivity contribution < 1.29 is 14.3 Å². The van der Waals surface area contributed by atoms with E-state index in [4.69, 9.17) is 4.74 Å². The van der Waals surface area contributed by atoms with Gasteiger partial charge in [-0.25, -0.2) is 4.79 Å². The Balaban J connectivity index is 1.64. The summed E-state index contributed by atoms with van der Waals surface area (Å²) >= 11 is 0. The molecular formula is C22H22N4O3. The second-order valence-corrected chi connectivity index (χ2v) is 6.19. The van der Waals surface area contributed by atoms with E-state index in [1.165, 1.54) is 0 Å². The Kier molecular flexibility index (Phi) is 6.52. The van der Waals surface area contributed by atoms with Crippen LogP contribution in [-0.4, -0.2) is 28.7 Å². The molecular weight excluding hydrogens is 368 g/mol. The van der Waals surface area contributed by atoms with Gasteiger partial charge in [-0.3, -0.25) is 4.79 Å². The number of hydrogen-bond acceptors (Lipinski definition) is 6. The van der Waals surface area contributed by atoms with Crippen LogP contribution in [0.5, 0.6) is 0 Å². The van der Waals surface area contributed by atoms with E-state index in [1.807, 2.05) is 31.2 Å². The van der Waals surface area contributed by atoms with E-state index < -0.39 is 0 Å². The van der Waals surface area contributed by atoms with Gasteiger partial charge in [-0.05, 0) is 61.4 Å². The third-order valence-corrected chi connectivity index (χ3v) is 4.21. The fourth-order valence-corrected chi connectivity index (χ4v) is 2.71. The van der Waals surface area contributed by atoms with Crippen molar-refractivity contribution in [2.75, 3.05) is 17.2 Å². The van der Waals surface area contributed by atoms with Crippen molar-refractivity contribution in [3.8, 4) is 0 Å². The van der Waals surface area contributed by atoms with Crippen LogP contribution in [0.2, 0.25) is 0 Å². The van der Waals surface area contributed by atoms with E-state index in [9.17, 15) is 9.59 Å². The lowest BCUT2D eigenvalue weighted by atomic mass is 10.1. The second-order valence-electron chi connectivity index (χ2n) is 6.19. The van der Waals surface area contributed by atoms with E-state index in [-0.39, 0.29) is 17.6 Å². The zero-order valence-corrected chi connectivity index (χ0v) is 16.3. The Labute approximate surface area is 169 Å². The van der Waals surface area contributed by atoms with Crippen LogP contribution in [0.1, 0.15) is 40.3 Å². The van der Waals surface area contributed by atoms with Crippen LogP contribution in [0.3, 0.4) is 0 Å². The number of rotatable bonds is 7. The minimum absolute atomic E-state index is 0.221. The molecule has 2 N–H and O–H groups in total. The average molecular weight is 390 g/mol. The number of carbonyl (C=O) groups excluding carboxylic acids is 2. The lowest BCUT2D eigenvalue weighted by Gasteiger charge is -2.09. The maximum atomic E-state index is 12.4. The van der Waals surface area contributed by atoms with Crippen LogP contribution >= 0.6 is 0 Å². The van der Waals surface area contributed by atoms with Crippen LogP contribution in [0.15, 0.2) is 60.7 Å². The number of anilines is 3. The number of benzene rings is 2. The Morgan fingerprint density at radius 1 is 0.931 bits per heavy atom. The number of hydrogen-bond donors (Lipinski definition) is 2. The molecule has 2 aromatic carbocycles. The van der Waals surface area contributed by atoms with Crippen LogP contribution in [0.25, 0.3) is 0 Å². The Bertz CT molecular complexity index is 986. The number of nitrogens with zero attached hydrogens (tertiary/aromatic N) is 2. The van der Waals surface area contributed by atoms with Gasteiger partial charge in [-0.15, -0.1) is 10.2 Å². The average Bonchev–Trinajstić information content (AvgIpc) is 2.75. The molecule has 0 saturated heterocycles. The van der Waals surface area contributed by atoms with Crippen molar-refractivity contribution in [3.63, 3.8) is 0 Å². The first-order valence-electron chi connectivity index (χ1n) is 9.38. The summed E-state index contributed by atoms with van der Waals surface area (Å²) in [5.74, 6) is -0.193. The molecule has 7 heteroatoms. The molecule has 0 atom stereocenters. The van der Waals surface area contributed by atoms with E-state index in [0.29, 0.717) is 18.0 Å².